The zero-order valence-electron chi connectivity index (χ0n) is 11.5. The Hall–Kier alpha value is -1.75. The number of carbonyl (C=O) groups excluding carboxylic acids is 1. The first-order valence-corrected chi connectivity index (χ1v) is 6.98. The SMILES string of the molecule is COCCOc1cc2c(cc1O)C1C(=O)CCCC1N2. The first-order valence-electron chi connectivity index (χ1n) is 6.98. The van der Waals surface area contributed by atoms with Crippen LogP contribution in [0.3, 0.4) is 0 Å². The third kappa shape index (κ3) is 2.22. The van der Waals surface area contributed by atoms with Crippen molar-refractivity contribution in [1.82, 2.24) is 0 Å². The minimum absolute atomic E-state index is 0.0840. The Morgan fingerprint density at radius 2 is 2.25 bits per heavy atom. The number of fused-ring (bicyclic) bond motifs is 3. The molecule has 1 heterocycles. The van der Waals surface area contributed by atoms with Gasteiger partial charge in [0.25, 0.3) is 0 Å². The van der Waals surface area contributed by atoms with Crippen LogP contribution in [0.5, 0.6) is 11.5 Å². The van der Waals surface area contributed by atoms with Gasteiger partial charge >= 0.3 is 0 Å². The highest BCUT2D eigenvalue weighted by atomic mass is 16.5. The number of benzene rings is 1. The lowest BCUT2D eigenvalue weighted by Crippen LogP contribution is -2.30. The summed E-state index contributed by atoms with van der Waals surface area (Å²) in [5.41, 5.74) is 1.80. The molecule has 1 aliphatic carbocycles. The molecule has 3 rings (SSSR count). The second-order valence-electron chi connectivity index (χ2n) is 5.34. The first kappa shape index (κ1) is 13.2. The highest BCUT2D eigenvalue weighted by Crippen LogP contribution is 2.46. The number of ether oxygens (including phenoxy) is 2. The van der Waals surface area contributed by atoms with Crippen molar-refractivity contribution in [3.63, 3.8) is 0 Å². The molecule has 2 N–H and O–H groups in total. The van der Waals surface area contributed by atoms with Gasteiger partial charge in [-0.05, 0) is 24.5 Å². The summed E-state index contributed by atoms with van der Waals surface area (Å²) in [7, 11) is 1.60. The molecule has 1 saturated carbocycles. The maximum absolute atomic E-state index is 12.1. The van der Waals surface area contributed by atoms with E-state index in [1.807, 2.05) is 0 Å². The number of nitrogens with one attached hydrogen (secondary N) is 1. The van der Waals surface area contributed by atoms with Crippen molar-refractivity contribution in [3.8, 4) is 11.5 Å². The van der Waals surface area contributed by atoms with Crippen molar-refractivity contribution in [2.45, 2.75) is 31.2 Å². The van der Waals surface area contributed by atoms with Gasteiger partial charge in [-0.25, -0.2) is 0 Å². The maximum atomic E-state index is 12.1. The highest BCUT2D eigenvalue weighted by molar-refractivity contribution is 5.92. The molecular weight excluding hydrogens is 258 g/mol. The normalized spacial score (nSPS) is 23.9. The number of phenolic OH excluding ortho intramolecular Hbond substituents is 1. The van der Waals surface area contributed by atoms with E-state index in [0.717, 1.165) is 24.1 Å². The van der Waals surface area contributed by atoms with E-state index in [2.05, 4.69) is 5.32 Å². The number of aromatic hydroxyl groups is 1. The summed E-state index contributed by atoms with van der Waals surface area (Å²) in [5, 5.41) is 13.4. The van der Waals surface area contributed by atoms with Gasteiger partial charge in [-0.15, -0.1) is 0 Å². The number of carbonyl (C=O) groups is 1. The standard InChI is InChI=1S/C15H19NO4/c1-19-5-6-20-14-8-11-9(7-13(14)18)15-10(16-11)3-2-4-12(15)17/h7-8,10,15-16,18H,2-6H2,1H3. The fraction of sp³-hybridized carbons (Fsp3) is 0.533. The van der Waals surface area contributed by atoms with E-state index in [0.29, 0.717) is 25.4 Å². The number of Topliss-reactive ketones (excluding diaryl/α,β-unsaturated/α-hetero) is 1. The molecule has 108 valence electrons. The van der Waals surface area contributed by atoms with Crippen LogP contribution in [0.2, 0.25) is 0 Å². The van der Waals surface area contributed by atoms with Gasteiger partial charge in [0.15, 0.2) is 11.5 Å². The molecule has 5 nitrogen and oxygen atoms in total. The summed E-state index contributed by atoms with van der Waals surface area (Å²) >= 11 is 0. The number of anilines is 1. The van der Waals surface area contributed by atoms with Crippen molar-refractivity contribution in [2.24, 2.45) is 0 Å². The van der Waals surface area contributed by atoms with E-state index in [-0.39, 0.29) is 23.5 Å². The minimum atomic E-state index is -0.113. The molecule has 0 radical (unpaired) electrons. The smallest absolute Gasteiger partial charge is 0.163 e. The topological polar surface area (TPSA) is 67.8 Å². The zero-order chi connectivity index (χ0) is 14.1. The number of hydrogen-bond donors (Lipinski definition) is 2. The lowest BCUT2D eigenvalue weighted by molar-refractivity contribution is -0.121. The molecule has 1 aromatic rings. The molecule has 2 atom stereocenters. The Kier molecular flexibility index (Phi) is 3.53. The van der Waals surface area contributed by atoms with Gasteiger partial charge in [0.05, 0.1) is 12.5 Å². The van der Waals surface area contributed by atoms with Crippen LogP contribution in [-0.4, -0.2) is 37.3 Å². The van der Waals surface area contributed by atoms with Crippen molar-refractivity contribution in [3.05, 3.63) is 17.7 Å². The minimum Gasteiger partial charge on any atom is -0.504 e. The number of phenols is 1. The molecule has 1 fully saturated rings. The Morgan fingerprint density at radius 1 is 1.40 bits per heavy atom. The Morgan fingerprint density at radius 3 is 3.05 bits per heavy atom. The van der Waals surface area contributed by atoms with Crippen LogP contribution in [0, 0.1) is 0 Å². The molecule has 0 spiro atoms. The van der Waals surface area contributed by atoms with Crippen molar-refractivity contribution >= 4 is 11.5 Å². The predicted octanol–water partition coefficient (Wildman–Crippen LogP) is 2.05. The van der Waals surface area contributed by atoms with Gasteiger partial charge < -0.3 is 19.9 Å². The van der Waals surface area contributed by atoms with Crippen LogP contribution < -0.4 is 10.1 Å². The monoisotopic (exact) mass is 277 g/mol. The Labute approximate surface area is 117 Å². The molecule has 5 heteroatoms. The number of rotatable bonds is 4. The summed E-state index contributed by atoms with van der Waals surface area (Å²) in [6.45, 7) is 0.850. The van der Waals surface area contributed by atoms with Crippen molar-refractivity contribution in [1.29, 1.82) is 0 Å². The van der Waals surface area contributed by atoms with Gasteiger partial charge in [0.2, 0.25) is 0 Å². The van der Waals surface area contributed by atoms with E-state index in [1.54, 1.807) is 19.2 Å². The van der Waals surface area contributed by atoms with Crippen LogP contribution in [0.15, 0.2) is 12.1 Å². The average Bonchev–Trinajstić information content (AvgIpc) is 2.78. The van der Waals surface area contributed by atoms with E-state index < -0.39 is 0 Å². The fourth-order valence-electron chi connectivity index (χ4n) is 3.11. The lowest BCUT2D eigenvalue weighted by Gasteiger charge is -2.24. The van der Waals surface area contributed by atoms with E-state index in [9.17, 15) is 9.90 Å². The predicted molar refractivity (Wildman–Crippen MR) is 74.5 cm³/mol. The van der Waals surface area contributed by atoms with Crippen LogP contribution >= 0.6 is 0 Å². The Bertz CT molecular complexity index is 529. The van der Waals surface area contributed by atoms with E-state index in [1.165, 1.54) is 0 Å². The van der Waals surface area contributed by atoms with E-state index >= 15 is 0 Å². The molecule has 20 heavy (non-hydrogen) atoms. The molecule has 0 aromatic heterocycles. The third-order valence-electron chi connectivity index (χ3n) is 4.04. The maximum Gasteiger partial charge on any atom is 0.163 e. The van der Waals surface area contributed by atoms with Crippen molar-refractivity contribution in [2.75, 3.05) is 25.6 Å². The second kappa shape index (κ2) is 5.32. The molecule has 1 aromatic carbocycles. The lowest BCUT2D eigenvalue weighted by atomic mass is 9.81. The molecule has 0 amide bonds. The van der Waals surface area contributed by atoms with E-state index in [4.69, 9.17) is 9.47 Å². The third-order valence-corrected chi connectivity index (χ3v) is 4.04. The molecule has 0 bridgehead atoms. The fourth-order valence-corrected chi connectivity index (χ4v) is 3.11. The molecule has 2 aliphatic rings. The second-order valence-corrected chi connectivity index (χ2v) is 5.34. The molecule has 0 saturated heterocycles. The summed E-state index contributed by atoms with van der Waals surface area (Å²) in [6.07, 6.45) is 2.56. The largest absolute Gasteiger partial charge is 0.504 e. The van der Waals surface area contributed by atoms with Crippen LogP contribution in [0.4, 0.5) is 5.69 Å². The first-order chi connectivity index (χ1) is 9.70. The molecule has 1 aliphatic heterocycles. The summed E-state index contributed by atoms with van der Waals surface area (Å²) in [5.74, 6) is 0.665. The zero-order valence-corrected chi connectivity index (χ0v) is 11.5. The summed E-state index contributed by atoms with van der Waals surface area (Å²) in [4.78, 5) is 12.1. The van der Waals surface area contributed by atoms with Crippen LogP contribution in [0.25, 0.3) is 0 Å². The van der Waals surface area contributed by atoms with Gasteiger partial charge in [0.1, 0.15) is 12.4 Å². The highest BCUT2D eigenvalue weighted by Gasteiger charge is 2.40. The summed E-state index contributed by atoms with van der Waals surface area (Å²) in [6, 6.07) is 3.62. The van der Waals surface area contributed by atoms with Crippen LogP contribution in [0.1, 0.15) is 30.7 Å². The van der Waals surface area contributed by atoms with Crippen molar-refractivity contribution < 1.29 is 19.4 Å². The van der Waals surface area contributed by atoms with Gasteiger partial charge in [-0.3, -0.25) is 4.79 Å². The number of hydrogen-bond acceptors (Lipinski definition) is 5. The molecule has 2 unspecified atom stereocenters. The quantitative estimate of drug-likeness (QED) is 0.651. The van der Waals surface area contributed by atoms with Crippen LogP contribution in [-0.2, 0) is 9.53 Å². The number of ketones is 1. The molecular formula is C15H19NO4. The van der Waals surface area contributed by atoms with Gasteiger partial charge in [-0.1, -0.05) is 0 Å². The Balaban J connectivity index is 1.86. The van der Waals surface area contributed by atoms with Gasteiger partial charge in [0, 0.05) is 31.3 Å². The average molecular weight is 277 g/mol. The summed E-state index contributed by atoms with van der Waals surface area (Å²) < 4.78 is 10.4. The number of methoxy groups -OCH3 is 1. The van der Waals surface area contributed by atoms with Gasteiger partial charge in [-0.2, -0.15) is 0 Å².